The van der Waals surface area contributed by atoms with Gasteiger partial charge in [0.1, 0.15) is 23.0 Å². The third-order valence-electron chi connectivity index (χ3n) is 7.72. The van der Waals surface area contributed by atoms with E-state index in [1.54, 1.807) is 19.2 Å². The van der Waals surface area contributed by atoms with Crippen LogP contribution in [0.5, 0.6) is 5.75 Å². The second-order valence-electron chi connectivity index (χ2n) is 10.2. The van der Waals surface area contributed by atoms with Crippen molar-refractivity contribution in [3.8, 4) is 11.8 Å². The van der Waals surface area contributed by atoms with E-state index in [4.69, 9.17) is 4.74 Å². The van der Waals surface area contributed by atoms with Gasteiger partial charge in [0, 0.05) is 38.3 Å². The Morgan fingerprint density at radius 1 is 1.14 bits per heavy atom. The third-order valence-corrected chi connectivity index (χ3v) is 7.72. The predicted octanol–water partition coefficient (Wildman–Crippen LogP) is 4.04. The molecule has 0 amide bonds. The van der Waals surface area contributed by atoms with Gasteiger partial charge in [0.2, 0.25) is 0 Å². The summed E-state index contributed by atoms with van der Waals surface area (Å²) in [6, 6.07) is 14.7. The van der Waals surface area contributed by atoms with Gasteiger partial charge in [0.25, 0.3) is 0 Å². The highest BCUT2D eigenvalue weighted by Crippen LogP contribution is 2.33. The summed E-state index contributed by atoms with van der Waals surface area (Å²) in [5, 5.41) is 9.40. The van der Waals surface area contributed by atoms with Crippen molar-refractivity contribution < 1.29 is 4.74 Å². The molecule has 2 aliphatic rings. The molecule has 2 aromatic heterocycles. The van der Waals surface area contributed by atoms with Crippen LogP contribution in [0.1, 0.15) is 57.3 Å². The molecule has 3 aromatic rings. The first-order valence-corrected chi connectivity index (χ1v) is 12.9. The zero-order valence-electron chi connectivity index (χ0n) is 21.5. The Kier molecular flexibility index (Phi) is 6.67. The first kappa shape index (κ1) is 24.3. The molecule has 1 aliphatic carbocycles. The molecule has 1 aliphatic heterocycles. The number of fused-ring (bicyclic) bond motifs is 1. The number of hydrogen-bond acceptors (Lipinski definition) is 7. The van der Waals surface area contributed by atoms with Crippen molar-refractivity contribution in [3.05, 3.63) is 58.1 Å². The summed E-state index contributed by atoms with van der Waals surface area (Å²) < 4.78 is 7.41. The van der Waals surface area contributed by atoms with Crippen molar-refractivity contribution in [2.24, 2.45) is 13.0 Å². The predicted molar refractivity (Wildman–Crippen MR) is 140 cm³/mol. The minimum Gasteiger partial charge on any atom is -0.493 e. The van der Waals surface area contributed by atoms with Gasteiger partial charge in [-0.25, -0.2) is 9.78 Å². The Hall–Kier alpha value is -3.44. The molecule has 0 radical (unpaired) electrons. The Bertz CT molecular complexity index is 1340. The number of nitrogens with zero attached hydrogens (tertiary/aromatic N) is 6. The number of aromatic nitrogens is 3. The van der Waals surface area contributed by atoms with Crippen molar-refractivity contribution in [2.75, 3.05) is 24.6 Å². The summed E-state index contributed by atoms with van der Waals surface area (Å²) >= 11 is 0. The first-order chi connectivity index (χ1) is 17.4. The minimum atomic E-state index is -0.316. The van der Waals surface area contributed by atoms with Crippen LogP contribution in [-0.4, -0.2) is 51.2 Å². The first-order valence-electron chi connectivity index (χ1n) is 12.9. The molecule has 5 rings (SSSR count). The Balaban J connectivity index is 1.39. The lowest BCUT2D eigenvalue weighted by atomic mass is 9.98. The van der Waals surface area contributed by atoms with Crippen molar-refractivity contribution in [2.45, 2.75) is 58.2 Å². The van der Waals surface area contributed by atoms with E-state index in [1.165, 1.54) is 23.0 Å². The van der Waals surface area contributed by atoms with Crippen LogP contribution in [-0.2, 0) is 7.05 Å². The molecule has 0 N–H and O–H groups in total. The van der Waals surface area contributed by atoms with Crippen LogP contribution in [0.3, 0.4) is 0 Å². The quantitative estimate of drug-likeness (QED) is 0.498. The number of aryl methyl sites for hydroxylation is 1. The van der Waals surface area contributed by atoms with Crippen LogP contribution in [0.25, 0.3) is 11.0 Å². The van der Waals surface area contributed by atoms with Crippen LogP contribution >= 0.6 is 0 Å². The van der Waals surface area contributed by atoms with Crippen molar-refractivity contribution in [1.29, 1.82) is 5.26 Å². The molecule has 3 heterocycles. The fourth-order valence-electron chi connectivity index (χ4n) is 5.20. The number of hydrogen-bond donors (Lipinski definition) is 0. The number of nitriles is 1. The molecule has 3 atom stereocenters. The van der Waals surface area contributed by atoms with E-state index in [-0.39, 0.29) is 23.8 Å². The molecule has 1 unspecified atom stereocenters. The fraction of sp³-hybridized carbons (Fsp3) is 0.500. The average Bonchev–Trinajstić information content (AvgIpc) is 3.74. The third kappa shape index (κ3) is 4.68. The molecule has 1 saturated heterocycles. The fourth-order valence-corrected chi connectivity index (χ4v) is 5.20. The molecule has 36 heavy (non-hydrogen) atoms. The van der Waals surface area contributed by atoms with E-state index in [0.29, 0.717) is 22.5 Å². The molecule has 1 saturated carbocycles. The van der Waals surface area contributed by atoms with Crippen molar-refractivity contribution >= 4 is 16.9 Å². The topological polar surface area (TPSA) is 87.3 Å². The van der Waals surface area contributed by atoms with E-state index < -0.39 is 0 Å². The van der Waals surface area contributed by atoms with Crippen LogP contribution in [0, 0.1) is 17.2 Å². The second kappa shape index (κ2) is 9.90. The molecular formula is C28H34N6O2. The van der Waals surface area contributed by atoms with Crippen molar-refractivity contribution in [3.63, 3.8) is 0 Å². The Labute approximate surface area is 212 Å². The monoisotopic (exact) mass is 486 g/mol. The molecule has 0 bridgehead atoms. The molecule has 2 fully saturated rings. The average molecular weight is 487 g/mol. The van der Waals surface area contributed by atoms with E-state index in [0.717, 1.165) is 37.8 Å². The van der Waals surface area contributed by atoms with E-state index in [2.05, 4.69) is 70.9 Å². The lowest BCUT2D eigenvalue weighted by Crippen LogP contribution is -2.58. The zero-order valence-corrected chi connectivity index (χ0v) is 21.5. The van der Waals surface area contributed by atoms with Gasteiger partial charge < -0.3 is 9.64 Å². The number of anilines is 1. The Morgan fingerprint density at radius 3 is 2.56 bits per heavy atom. The lowest BCUT2D eigenvalue weighted by Gasteiger charge is -2.48. The van der Waals surface area contributed by atoms with Gasteiger partial charge >= 0.3 is 5.69 Å². The van der Waals surface area contributed by atoms with E-state index in [9.17, 15) is 10.1 Å². The molecule has 8 nitrogen and oxygen atoms in total. The number of piperazine rings is 1. The maximum absolute atomic E-state index is 12.7. The summed E-state index contributed by atoms with van der Waals surface area (Å²) in [6.45, 7) is 9.02. The molecule has 1 aromatic carbocycles. The van der Waals surface area contributed by atoms with Gasteiger partial charge in [-0.3, -0.25) is 9.47 Å². The van der Waals surface area contributed by atoms with Gasteiger partial charge in [0.15, 0.2) is 5.82 Å². The van der Waals surface area contributed by atoms with Gasteiger partial charge in [-0.2, -0.15) is 10.2 Å². The van der Waals surface area contributed by atoms with E-state index >= 15 is 0 Å². The minimum absolute atomic E-state index is 0.117. The summed E-state index contributed by atoms with van der Waals surface area (Å²) in [5.41, 5.74) is 2.56. The normalized spacial score (nSPS) is 21.4. The molecule has 188 valence electrons. The van der Waals surface area contributed by atoms with Crippen LogP contribution in [0.15, 0.2) is 41.2 Å². The van der Waals surface area contributed by atoms with Gasteiger partial charge in [-0.1, -0.05) is 19.1 Å². The lowest BCUT2D eigenvalue weighted by molar-refractivity contribution is 0.105. The molecule has 8 heteroatoms. The Morgan fingerprint density at radius 2 is 1.89 bits per heavy atom. The highest BCUT2D eigenvalue weighted by molar-refractivity contribution is 5.86. The summed E-state index contributed by atoms with van der Waals surface area (Å²) in [5.74, 6) is 2.25. The summed E-state index contributed by atoms with van der Waals surface area (Å²) in [4.78, 5) is 26.4. The standard InChI is InChI=1S/C28H34N6O2/c1-5-23-16-33(27-26-25(32(4)28(35)31-27)13-10-22(14-29)30-26)18(2)15-34(23)19(3)21-8-11-24(12-9-21)36-17-20-6-7-20/h8-13,18-20,23H,5-7,15-17H2,1-4H3/t18-,19?,23+/m0/s1. The summed E-state index contributed by atoms with van der Waals surface area (Å²) in [7, 11) is 1.69. The number of pyridine rings is 1. The van der Waals surface area contributed by atoms with Gasteiger partial charge in [0.05, 0.1) is 12.1 Å². The highest BCUT2D eigenvalue weighted by Gasteiger charge is 2.35. The van der Waals surface area contributed by atoms with Gasteiger partial charge in [-0.15, -0.1) is 0 Å². The zero-order chi connectivity index (χ0) is 25.4. The number of rotatable bonds is 7. The van der Waals surface area contributed by atoms with Crippen molar-refractivity contribution in [1.82, 2.24) is 19.4 Å². The number of benzene rings is 1. The van der Waals surface area contributed by atoms with Crippen LogP contribution in [0.4, 0.5) is 5.82 Å². The highest BCUT2D eigenvalue weighted by atomic mass is 16.5. The molecule has 0 spiro atoms. The van der Waals surface area contributed by atoms with Crippen LogP contribution in [0.2, 0.25) is 0 Å². The van der Waals surface area contributed by atoms with Crippen LogP contribution < -0.4 is 15.3 Å². The second-order valence-corrected chi connectivity index (χ2v) is 10.2. The van der Waals surface area contributed by atoms with Gasteiger partial charge in [-0.05, 0) is 68.9 Å². The largest absolute Gasteiger partial charge is 0.493 e. The van der Waals surface area contributed by atoms with E-state index in [1.807, 2.05) is 0 Å². The molecular weight excluding hydrogens is 452 g/mol. The number of ether oxygens (including phenoxy) is 1. The summed E-state index contributed by atoms with van der Waals surface area (Å²) in [6.07, 6.45) is 3.54. The smallest absolute Gasteiger partial charge is 0.349 e. The maximum Gasteiger partial charge on any atom is 0.349 e. The maximum atomic E-state index is 12.7. The SMILES string of the molecule is CC[C@@H]1CN(c2nc(=O)n(C)c3ccc(C#N)nc23)[C@@H](C)CN1C(C)c1ccc(OCC2CC2)cc1.